The number of nitrogens with two attached hydrogens (primary N) is 1. The molecule has 3 nitrogen and oxygen atoms in total. The molecular formula is C18H31N3. The van der Waals surface area contributed by atoms with Gasteiger partial charge in [0.25, 0.3) is 0 Å². The first kappa shape index (κ1) is 16.5. The molecule has 1 aromatic carbocycles. The Morgan fingerprint density at radius 3 is 2.62 bits per heavy atom. The minimum Gasteiger partial charge on any atom is -0.329 e. The molecule has 0 aromatic heterocycles. The highest BCUT2D eigenvalue weighted by atomic mass is 15.2. The normalized spacial score (nSPS) is 22.6. The molecule has 1 aromatic rings. The number of nitrogens with zero attached hydrogens (tertiary/aromatic N) is 2. The van der Waals surface area contributed by atoms with Crippen molar-refractivity contribution in [1.29, 1.82) is 0 Å². The first-order valence-electron chi connectivity index (χ1n) is 8.27. The van der Waals surface area contributed by atoms with Crippen molar-refractivity contribution in [3.05, 3.63) is 35.9 Å². The molecule has 1 heterocycles. The van der Waals surface area contributed by atoms with Crippen molar-refractivity contribution in [2.45, 2.75) is 44.2 Å². The number of likely N-dealkylation sites (tertiary alicyclic amines) is 1. The highest BCUT2D eigenvalue weighted by molar-refractivity contribution is 5.18. The van der Waals surface area contributed by atoms with E-state index in [-0.39, 0.29) is 0 Å². The number of hydrogen-bond donors (Lipinski definition) is 1. The van der Waals surface area contributed by atoms with E-state index in [1.165, 1.54) is 24.9 Å². The van der Waals surface area contributed by atoms with Crippen LogP contribution in [0.1, 0.15) is 37.7 Å². The Kier molecular flexibility index (Phi) is 6.22. The molecule has 3 atom stereocenters. The summed E-state index contributed by atoms with van der Waals surface area (Å²) in [5, 5.41) is 0. The summed E-state index contributed by atoms with van der Waals surface area (Å²) in [5.41, 5.74) is 7.47. The Balaban J connectivity index is 1.89. The van der Waals surface area contributed by atoms with E-state index in [1.807, 2.05) is 0 Å². The first-order valence-corrected chi connectivity index (χ1v) is 8.27. The van der Waals surface area contributed by atoms with Gasteiger partial charge in [-0.15, -0.1) is 0 Å². The summed E-state index contributed by atoms with van der Waals surface area (Å²) in [6.07, 6.45) is 3.79. The van der Waals surface area contributed by atoms with Gasteiger partial charge in [0.15, 0.2) is 0 Å². The van der Waals surface area contributed by atoms with Crippen LogP contribution < -0.4 is 5.73 Å². The standard InChI is InChI=1S/C18H31N3/c1-15(16-8-5-4-6-9-16)12-18(13-19)21(3)14-17-10-7-11-20(17)2/h4-6,8-9,15,17-18H,7,10-14,19H2,1-3H3. The van der Waals surface area contributed by atoms with Crippen molar-refractivity contribution < 1.29 is 0 Å². The van der Waals surface area contributed by atoms with Gasteiger partial charge < -0.3 is 15.5 Å². The lowest BCUT2D eigenvalue weighted by Gasteiger charge is -2.33. The molecule has 0 aliphatic carbocycles. The van der Waals surface area contributed by atoms with Gasteiger partial charge in [0.05, 0.1) is 0 Å². The van der Waals surface area contributed by atoms with Gasteiger partial charge in [-0.25, -0.2) is 0 Å². The van der Waals surface area contributed by atoms with Gasteiger partial charge in [-0.3, -0.25) is 0 Å². The molecule has 1 aliphatic heterocycles. The lowest BCUT2D eigenvalue weighted by Crippen LogP contribution is -2.45. The summed E-state index contributed by atoms with van der Waals surface area (Å²) in [5.74, 6) is 0.559. The minimum atomic E-state index is 0.467. The molecule has 2 N–H and O–H groups in total. The average Bonchev–Trinajstić information content (AvgIpc) is 2.90. The minimum absolute atomic E-state index is 0.467. The van der Waals surface area contributed by atoms with Crippen molar-refractivity contribution in [2.24, 2.45) is 5.73 Å². The molecule has 0 saturated carbocycles. The molecule has 0 radical (unpaired) electrons. The van der Waals surface area contributed by atoms with Crippen LogP contribution in [0.2, 0.25) is 0 Å². The summed E-state index contributed by atoms with van der Waals surface area (Å²) in [6.45, 7) is 5.43. The van der Waals surface area contributed by atoms with Gasteiger partial charge in [-0.1, -0.05) is 37.3 Å². The topological polar surface area (TPSA) is 32.5 Å². The quantitative estimate of drug-likeness (QED) is 0.837. The predicted octanol–water partition coefficient (Wildman–Crippen LogP) is 2.53. The van der Waals surface area contributed by atoms with Crippen molar-refractivity contribution in [3.8, 4) is 0 Å². The average molecular weight is 289 g/mol. The van der Waals surface area contributed by atoms with Crippen LogP contribution in [0.4, 0.5) is 0 Å². The van der Waals surface area contributed by atoms with E-state index in [9.17, 15) is 0 Å². The third-order valence-corrected chi connectivity index (χ3v) is 5.06. The zero-order valence-electron chi connectivity index (χ0n) is 13.8. The zero-order valence-corrected chi connectivity index (χ0v) is 13.8. The molecule has 21 heavy (non-hydrogen) atoms. The molecule has 3 unspecified atom stereocenters. The van der Waals surface area contributed by atoms with Crippen molar-refractivity contribution in [1.82, 2.24) is 9.80 Å². The monoisotopic (exact) mass is 289 g/mol. The van der Waals surface area contributed by atoms with Gasteiger partial charge in [0.1, 0.15) is 0 Å². The van der Waals surface area contributed by atoms with Crippen LogP contribution in [0.5, 0.6) is 0 Å². The highest BCUT2D eigenvalue weighted by Gasteiger charge is 2.25. The van der Waals surface area contributed by atoms with Crippen LogP contribution in [0, 0.1) is 0 Å². The van der Waals surface area contributed by atoms with Gasteiger partial charge in [0.2, 0.25) is 0 Å². The summed E-state index contributed by atoms with van der Waals surface area (Å²) < 4.78 is 0. The SMILES string of the molecule is CC(CC(CN)N(C)CC1CCCN1C)c1ccccc1. The fourth-order valence-electron chi connectivity index (χ4n) is 3.47. The maximum absolute atomic E-state index is 6.05. The van der Waals surface area contributed by atoms with Crippen LogP contribution >= 0.6 is 0 Å². The maximum Gasteiger partial charge on any atom is 0.0221 e. The van der Waals surface area contributed by atoms with Gasteiger partial charge in [0, 0.05) is 25.2 Å². The van der Waals surface area contributed by atoms with Crippen LogP contribution in [-0.2, 0) is 0 Å². The zero-order chi connectivity index (χ0) is 15.2. The number of hydrogen-bond acceptors (Lipinski definition) is 3. The molecule has 1 fully saturated rings. The summed E-state index contributed by atoms with van der Waals surface area (Å²) in [7, 11) is 4.48. The van der Waals surface area contributed by atoms with E-state index in [0.717, 1.165) is 19.5 Å². The molecule has 3 heteroatoms. The molecule has 0 amide bonds. The summed E-state index contributed by atoms with van der Waals surface area (Å²) >= 11 is 0. The molecular weight excluding hydrogens is 258 g/mol. The number of benzene rings is 1. The Morgan fingerprint density at radius 1 is 1.33 bits per heavy atom. The van der Waals surface area contributed by atoms with Gasteiger partial charge in [-0.2, -0.15) is 0 Å². The second-order valence-corrected chi connectivity index (χ2v) is 6.65. The van der Waals surface area contributed by atoms with E-state index < -0.39 is 0 Å². The molecule has 1 aliphatic rings. The molecule has 1 saturated heterocycles. The Morgan fingerprint density at radius 2 is 2.05 bits per heavy atom. The first-order chi connectivity index (χ1) is 10.1. The lowest BCUT2D eigenvalue weighted by atomic mass is 9.93. The van der Waals surface area contributed by atoms with E-state index in [1.54, 1.807) is 0 Å². The lowest BCUT2D eigenvalue weighted by molar-refractivity contribution is 0.169. The van der Waals surface area contributed by atoms with E-state index in [0.29, 0.717) is 18.0 Å². The number of rotatable bonds is 7. The van der Waals surface area contributed by atoms with Crippen molar-refractivity contribution >= 4 is 0 Å². The molecule has 0 bridgehead atoms. The van der Waals surface area contributed by atoms with Crippen molar-refractivity contribution in [3.63, 3.8) is 0 Å². The highest BCUT2D eigenvalue weighted by Crippen LogP contribution is 2.23. The van der Waals surface area contributed by atoms with Crippen LogP contribution in [0.3, 0.4) is 0 Å². The van der Waals surface area contributed by atoms with E-state index in [4.69, 9.17) is 5.73 Å². The second kappa shape index (κ2) is 7.92. The van der Waals surface area contributed by atoms with Crippen LogP contribution in [0.15, 0.2) is 30.3 Å². The van der Waals surface area contributed by atoms with E-state index in [2.05, 4.69) is 61.2 Å². The smallest absolute Gasteiger partial charge is 0.0221 e. The fraction of sp³-hybridized carbons (Fsp3) is 0.667. The van der Waals surface area contributed by atoms with Gasteiger partial charge >= 0.3 is 0 Å². The molecule has 118 valence electrons. The van der Waals surface area contributed by atoms with E-state index >= 15 is 0 Å². The maximum atomic E-state index is 6.05. The Bertz CT molecular complexity index is 406. The van der Waals surface area contributed by atoms with Crippen LogP contribution in [-0.4, -0.2) is 55.6 Å². The molecule has 0 spiro atoms. The van der Waals surface area contributed by atoms with Crippen molar-refractivity contribution in [2.75, 3.05) is 33.7 Å². The molecule has 2 rings (SSSR count). The summed E-state index contributed by atoms with van der Waals surface area (Å²) in [6, 6.07) is 12.0. The number of likely N-dealkylation sites (N-methyl/N-ethyl adjacent to an activating group) is 2. The fourth-order valence-corrected chi connectivity index (χ4v) is 3.47. The third-order valence-electron chi connectivity index (χ3n) is 5.06. The summed E-state index contributed by atoms with van der Waals surface area (Å²) in [4.78, 5) is 4.97. The van der Waals surface area contributed by atoms with Crippen LogP contribution in [0.25, 0.3) is 0 Å². The predicted molar refractivity (Wildman–Crippen MR) is 90.6 cm³/mol. The Labute approximate surface area is 130 Å². The largest absolute Gasteiger partial charge is 0.329 e. The second-order valence-electron chi connectivity index (χ2n) is 6.65. The Hall–Kier alpha value is -0.900. The third kappa shape index (κ3) is 4.53. The van der Waals surface area contributed by atoms with Gasteiger partial charge in [-0.05, 0) is 51.4 Å².